The Kier molecular flexibility index (Phi) is 3.30. The molecule has 0 aliphatic heterocycles. The first kappa shape index (κ1) is 12.9. The molecule has 0 bridgehead atoms. The van der Waals surface area contributed by atoms with Crippen LogP contribution in [0.5, 0.6) is 5.88 Å². The molecule has 0 radical (unpaired) electrons. The van der Waals surface area contributed by atoms with E-state index in [1.807, 2.05) is 0 Å². The number of nitrogens with zero attached hydrogens (tertiary/aromatic N) is 2. The Labute approximate surface area is 106 Å². The van der Waals surface area contributed by atoms with E-state index >= 15 is 0 Å². The van der Waals surface area contributed by atoms with Gasteiger partial charge in [0.15, 0.2) is 11.3 Å². The zero-order valence-electron chi connectivity index (χ0n) is 9.20. The number of halogens is 4. The fraction of sp³-hybridized carbons (Fsp3) is 0.273. The smallest absolute Gasteiger partial charge is 0.425 e. The molecule has 3 nitrogen and oxygen atoms in total. The summed E-state index contributed by atoms with van der Waals surface area (Å²) in [4.78, 5) is 0. The maximum absolute atomic E-state index is 12.4. The third kappa shape index (κ3) is 2.48. The lowest BCUT2D eigenvalue weighted by molar-refractivity contribution is -0.189. The van der Waals surface area contributed by atoms with Crippen LogP contribution in [-0.2, 0) is 0 Å². The van der Waals surface area contributed by atoms with Gasteiger partial charge in [-0.3, -0.25) is 0 Å². The van der Waals surface area contributed by atoms with Crippen molar-refractivity contribution in [3.8, 4) is 5.88 Å². The molecule has 1 heterocycles. The Hall–Kier alpha value is -1.56. The molecule has 0 saturated carbocycles. The van der Waals surface area contributed by atoms with E-state index in [-0.39, 0.29) is 11.0 Å². The van der Waals surface area contributed by atoms with Gasteiger partial charge in [0.25, 0.3) is 0 Å². The number of hydrogen-bond acceptors (Lipinski definition) is 3. The van der Waals surface area contributed by atoms with Gasteiger partial charge in [0.1, 0.15) is 0 Å². The highest BCUT2D eigenvalue weighted by molar-refractivity contribution is 6.34. The van der Waals surface area contributed by atoms with Crippen LogP contribution in [0.3, 0.4) is 0 Å². The molecule has 2 rings (SSSR count). The third-order valence-electron chi connectivity index (χ3n) is 2.36. The Balaban J connectivity index is 2.44. The van der Waals surface area contributed by atoms with Crippen LogP contribution in [0, 0.1) is 0 Å². The van der Waals surface area contributed by atoms with Gasteiger partial charge in [0, 0.05) is 10.8 Å². The van der Waals surface area contributed by atoms with Crippen molar-refractivity contribution in [2.45, 2.75) is 19.2 Å². The molecule has 0 amide bonds. The molecule has 1 atom stereocenters. The molecular weight excluding hydrogens is 269 g/mol. The Morgan fingerprint density at radius 2 is 1.78 bits per heavy atom. The lowest BCUT2D eigenvalue weighted by Gasteiger charge is -2.17. The minimum Gasteiger partial charge on any atom is -0.463 e. The molecule has 0 spiro atoms. The summed E-state index contributed by atoms with van der Waals surface area (Å²) in [6, 6.07) is 6.57. The molecule has 0 saturated heterocycles. The lowest BCUT2D eigenvalue weighted by Crippen LogP contribution is -2.31. The summed E-state index contributed by atoms with van der Waals surface area (Å²) < 4.78 is 42.0. The SMILES string of the molecule is CC(Oc1nnc(Cl)c2ccccc12)C(F)(F)F. The molecule has 2 aromatic rings. The number of hydrogen-bond donors (Lipinski definition) is 0. The highest BCUT2D eigenvalue weighted by Gasteiger charge is 2.38. The van der Waals surface area contributed by atoms with Gasteiger partial charge < -0.3 is 4.74 Å². The average molecular weight is 277 g/mol. The third-order valence-corrected chi connectivity index (χ3v) is 2.64. The molecule has 0 N–H and O–H groups in total. The summed E-state index contributed by atoms with van der Waals surface area (Å²) in [7, 11) is 0. The van der Waals surface area contributed by atoms with E-state index in [1.54, 1.807) is 24.3 Å². The minimum atomic E-state index is -4.46. The van der Waals surface area contributed by atoms with Gasteiger partial charge in [-0.15, -0.1) is 10.2 Å². The first-order chi connectivity index (χ1) is 8.39. The van der Waals surface area contributed by atoms with Gasteiger partial charge in [0.05, 0.1) is 0 Å². The quantitative estimate of drug-likeness (QED) is 0.840. The molecule has 1 aromatic carbocycles. The second-order valence-electron chi connectivity index (χ2n) is 3.64. The lowest BCUT2D eigenvalue weighted by atomic mass is 10.2. The van der Waals surface area contributed by atoms with Crippen LogP contribution in [0.25, 0.3) is 10.8 Å². The Bertz CT molecular complexity index is 574. The van der Waals surface area contributed by atoms with Crippen molar-refractivity contribution < 1.29 is 17.9 Å². The van der Waals surface area contributed by atoms with Crippen LogP contribution >= 0.6 is 11.6 Å². The first-order valence-electron chi connectivity index (χ1n) is 5.04. The van der Waals surface area contributed by atoms with E-state index in [2.05, 4.69) is 10.2 Å². The Morgan fingerprint density at radius 3 is 2.39 bits per heavy atom. The highest BCUT2D eigenvalue weighted by Crippen LogP contribution is 2.30. The van der Waals surface area contributed by atoms with Crippen molar-refractivity contribution in [2.24, 2.45) is 0 Å². The van der Waals surface area contributed by atoms with E-state index < -0.39 is 12.3 Å². The van der Waals surface area contributed by atoms with Crippen LogP contribution < -0.4 is 4.74 Å². The van der Waals surface area contributed by atoms with Gasteiger partial charge in [0.2, 0.25) is 5.88 Å². The van der Waals surface area contributed by atoms with Gasteiger partial charge in [-0.1, -0.05) is 29.8 Å². The van der Waals surface area contributed by atoms with Crippen LogP contribution in [0.2, 0.25) is 5.15 Å². The zero-order valence-corrected chi connectivity index (χ0v) is 9.96. The van der Waals surface area contributed by atoms with Gasteiger partial charge in [-0.25, -0.2) is 0 Å². The average Bonchev–Trinajstić information content (AvgIpc) is 2.32. The summed E-state index contributed by atoms with van der Waals surface area (Å²) in [5.74, 6) is -0.181. The second-order valence-corrected chi connectivity index (χ2v) is 4.00. The predicted molar refractivity (Wildman–Crippen MR) is 60.7 cm³/mol. The predicted octanol–water partition coefficient (Wildman–Crippen LogP) is 3.61. The fourth-order valence-corrected chi connectivity index (χ4v) is 1.57. The van der Waals surface area contributed by atoms with Crippen molar-refractivity contribution in [2.75, 3.05) is 0 Å². The summed E-state index contributed by atoms with van der Waals surface area (Å²) in [6.07, 6.45) is -6.42. The molecular formula is C11H8ClF3N2O. The summed E-state index contributed by atoms with van der Waals surface area (Å²) in [6.45, 7) is 0.908. The number of alkyl halides is 3. The Morgan fingerprint density at radius 1 is 1.17 bits per heavy atom. The molecule has 0 aliphatic rings. The normalized spacial score (nSPS) is 13.6. The van der Waals surface area contributed by atoms with Crippen molar-refractivity contribution in [1.82, 2.24) is 10.2 Å². The number of fused-ring (bicyclic) bond motifs is 1. The van der Waals surface area contributed by atoms with Crippen molar-refractivity contribution in [3.05, 3.63) is 29.4 Å². The van der Waals surface area contributed by atoms with Crippen molar-refractivity contribution in [3.63, 3.8) is 0 Å². The van der Waals surface area contributed by atoms with Gasteiger partial charge >= 0.3 is 6.18 Å². The second kappa shape index (κ2) is 4.61. The monoisotopic (exact) mass is 276 g/mol. The number of aromatic nitrogens is 2. The number of rotatable bonds is 2. The molecule has 0 aliphatic carbocycles. The zero-order chi connectivity index (χ0) is 13.3. The topological polar surface area (TPSA) is 35.0 Å². The highest BCUT2D eigenvalue weighted by atomic mass is 35.5. The molecule has 7 heteroatoms. The van der Waals surface area contributed by atoms with Gasteiger partial charge in [-0.2, -0.15) is 13.2 Å². The molecule has 96 valence electrons. The summed E-state index contributed by atoms with van der Waals surface area (Å²) in [5.41, 5.74) is 0. The maximum Gasteiger partial charge on any atom is 0.425 e. The van der Waals surface area contributed by atoms with Crippen LogP contribution in [0.1, 0.15) is 6.92 Å². The van der Waals surface area contributed by atoms with E-state index in [9.17, 15) is 13.2 Å². The largest absolute Gasteiger partial charge is 0.463 e. The molecule has 18 heavy (non-hydrogen) atoms. The van der Waals surface area contributed by atoms with E-state index in [0.29, 0.717) is 10.8 Å². The van der Waals surface area contributed by atoms with Crippen LogP contribution in [0.15, 0.2) is 24.3 Å². The molecule has 1 aromatic heterocycles. The standard InChI is InChI=1S/C11H8ClF3N2O/c1-6(11(13,14)15)18-10-8-5-3-2-4-7(8)9(12)16-17-10/h2-6H,1H3. The summed E-state index contributed by atoms with van der Waals surface area (Å²) >= 11 is 5.80. The fourth-order valence-electron chi connectivity index (χ4n) is 1.37. The summed E-state index contributed by atoms with van der Waals surface area (Å²) in [5, 5.41) is 8.14. The molecule has 1 unspecified atom stereocenters. The number of ether oxygens (including phenoxy) is 1. The van der Waals surface area contributed by atoms with Crippen molar-refractivity contribution in [1.29, 1.82) is 0 Å². The first-order valence-corrected chi connectivity index (χ1v) is 5.41. The van der Waals surface area contributed by atoms with E-state index in [4.69, 9.17) is 16.3 Å². The number of benzene rings is 1. The van der Waals surface area contributed by atoms with Crippen LogP contribution in [0.4, 0.5) is 13.2 Å². The maximum atomic E-state index is 12.4. The van der Waals surface area contributed by atoms with Gasteiger partial charge in [-0.05, 0) is 13.0 Å². The van der Waals surface area contributed by atoms with E-state index in [0.717, 1.165) is 6.92 Å². The van der Waals surface area contributed by atoms with Crippen LogP contribution in [-0.4, -0.2) is 22.5 Å². The minimum absolute atomic E-state index is 0.123. The van der Waals surface area contributed by atoms with Crippen molar-refractivity contribution >= 4 is 22.4 Å². The molecule has 0 fully saturated rings. The van der Waals surface area contributed by atoms with E-state index in [1.165, 1.54) is 0 Å².